The van der Waals surface area contributed by atoms with Crippen LogP contribution in [0.5, 0.6) is 5.75 Å². The van der Waals surface area contributed by atoms with Crippen LogP contribution in [0.3, 0.4) is 0 Å². The third-order valence-corrected chi connectivity index (χ3v) is 5.47. The molecule has 6 heteroatoms. The Balaban J connectivity index is 1.39. The average molecular weight is 387 g/mol. The number of hydrogen-bond donors (Lipinski definition) is 2. The van der Waals surface area contributed by atoms with Gasteiger partial charge in [-0.05, 0) is 38.3 Å². The van der Waals surface area contributed by atoms with E-state index in [1.165, 1.54) is 12.8 Å². The molecule has 1 saturated heterocycles. The van der Waals surface area contributed by atoms with Gasteiger partial charge in [-0.2, -0.15) is 0 Å². The second-order valence-electron chi connectivity index (χ2n) is 7.67. The maximum absolute atomic E-state index is 12.6. The van der Waals surface area contributed by atoms with E-state index in [2.05, 4.69) is 22.5 Å². The Labute approximate surface area is 168 Å². The molecule has 0 aromatic heterocycles. The van der Waals surface area contributed by atoms with E-state index in [0.717, 1.165) is 57.0 Å². The fraction of sp³-hybridized carbons (Fsp3) is 0.636. The van der Waals surface area contributed by atoms with Gasteiger partial charge in [0.25, 0.3) is 0 Å². The molecule has 0 spiro atoms. The normalized spacial score (nSPS) is 20.4. The van der Waals surface area contributed by atoms with E-state index in [4.69, 9.17) is 4.74 Å². The van der Waals surface area contributed by atoms with Crippen molar-refractivity contribution in [2.75, 3.05) is 32.8 Å². The minimum Gasteiger partial charge on any atom is -0.494 e. The molecule has 0 bridgehead atoms. The number of guanidine groups is 1. The number of nitrogens with zero attached hydrogens (tertiary/aromatic N) is 2. The lowest BCUT2D eigenvalue weighted by Crippen LogP contribution is -2.45. The first-order valence-corrected chi connectivity index (χ1v) is 10.8. The number of nitrogens with one attached hydrogen (secondary N) is 2. The topological polar surface area (TPSA) is 66.0 Å². The molecule has 28 heavy (non-hydrogen) atoms. The summed E-state index contributed by atoms with van der Waals surface area (Å²) in [6.07, 6.45) is 6.40. The number of likely N-dealkylation sites (tertiary alicyclic amines) is 1. The monoisotopic (exact) mass is 386 g/mol. The van der Waals surface area contributed by atoms with Crippen molar-refractivity contribution in [3.05, 3.63) is 30.3 Å². The molecule has 1 atom stereocenters. The first-order valence-electron chi connectivity index (χ1n) is 10.8. The molecule has 2 aliphatic rings. The highest BCUT2D eigenvalue weighted by atomic mass is 16.5. The molecule has 1 saturated carbocycles. The Kier molecular flexibility index (Phi) is 8.00. The predicted octanol–water partition coefficient (Wildman–Crippen LogP) is 2.80. The average Bonchev–Trinajstić information content (AvgIpc) is 3.40. The third kappa shape index (κ3) is 6.14. The molecule has 1 aromatic carbocycles. The summed E-state index contributed by atoms with van der Waals surface area (Å²) in [7, 11) is 0. The molecule has 1 heterocycles. The molecule has 3 rings (SSSR count). The van der Waals surface area contributed by atoms with Crippen molar-refractivity contribution >= 4 is 11.9 Å². The second kappa shape index (κ2) is 10.9. The van der Waals surface area contributed by atoms with Gasteiger partial charge in [0, 0.05) is 44.6 Å². The minimum absolute atomic E-state index is 0.269. The van der Waals surface area contributed by atoms with Crippen LogP contribution in [-0.4, -0.2) is 55.6 Å². The maximum Gasteiger partial charge on any atom is 0.225 e. The number of para-hydroxylation sites is 1. The predicted molar refractivity (Wildman–Crippen MR) is 113 cm³/mol. The standard InChI is InChI=1S/C22H34N4O2/c1-2-23-22(24-14-8-16-28-20-11-4-3-5-12-20)25-19-13-15-26(17-19)21(27)18-9-6-7-10-18/h3-5,11-12,18-19H,2,6-10,13-17H2,1H3,(H2,23,24,25). The van der Waals surface area contributed by atoms with Crippen molar-refractivity contribution in [1.82, 2.24) is 15.5 Å². The smallest absolute Gasteiger partial charge is 0.225 e. The van der Waals surface area contributed by atoms with Crippen LogP contribution in [0, 0.1) is 5.92 Å². The Bertz CT molecular complexity index is 629. The van der Waals surface area contributed by atoms with Gasteiger partial charge < -0.3 is 20.3 Å². The molecule has 0 radical (unpaired) electrons. The summed E-state index contributed by atoms with van der Waals surface area (Å²) in [5.41, 5.74) is 0. The van der Waals surface area contributed by atoms with Crippen LogP contribution in [0.15, 0.2) is 35.3 Å². The molecular weight excluding hydrogens is 352 g/mol. The Hall–Kier alpha value is -2.24. The number of carbonyl (C=O) groups is 1. The van der Waals surface area contributed by atoms with Gasteiger partial charge in [-0.3, -0.25) is 9.79 Å². The molecule has 2 fully saturated rings. The number of rotatable bonds is 8. The molecule has 6 nitrogen and oxygen atoms in total. The van der Waals surface area contributed by atoms with Gasteiger partial charge in [-0.15, -0.1) is 0 Å². The van der Waals surface area contributed by atoms with Crippen LogP contribution < -0.4 is 15.4 Å². The van der Waals surface area contributed by atoms with Gasteiger partial charge in [0.2, 0.25) is 5.91 Å². The first-order chi connectivity index (χ1) is 13.8. The first kappa shape index (κ1) is 20.5. The summed E-state index contributed by atoms with van der Waals surface area (Å²) in [6.45, 7) is 5.90. The van der Waals surface area contributed by atoms with Crippen molar-refractivity contribution in [3.63, 3.8) is 0 Å². The van der Waals surface area contributed by atoms with E-state index in [1.807, 2.05) is 35.2 Å². The third-order valence-electron chi connectivity index (χ3n) is 5.47. The van der Waals surface area contributed by atoms with Crippen LogP contribution >= 0.6 is 0 Å². The van der Waals surface area contributed by atoms with Crippen molar-refractivity contribution in [3.8, 4) is 5.75 Å². The van der Waals surface area contributed by atoms with E-state index in [1.54, 1.807) is 0 Å². The van der Waals surface area contributed by atoms with Crippen molar-refractivity contribution in [1.29, 1.82) is 0 Å². The van der Waals surface area contributed by atoms with Crippen molar-refractivity contribution in [2.24, 2.45) is 10.9 Å². The number of aliphatic imine (C=N–C) groups is 1. The summed E-state index contributed by atoms with van der Waals surface area (Å²) in [5.74, 6) is 2.36. The quantitative estimate of drug-likeness (QED) is 0.410. The van der Waals surface area contributed by atoms with Gasteiger partial charge in [-0.1, -0.05) is 31.0 Å². The SMILES string of the molecule is CCNC(=NCCCOc1ccccc1)NC1CCN(C(=O)C2CCCC2)C1. The number of amides is 1. The second-order valence-corrected chi connectivity index (χ2v) is 7.67. The van der Waals surface area contributed by atoms with E-state index in [-0.39, 0.29) is 12.0 Å². The van der Waals surface area contributed by atoms with E-state index < -0.39 is 0 Å². The zero-order valence-electron chi connectivity index (χ0n) is 17.0. The summed E-state index contributed by atoms with van der Waals surface area (Å²) in [6, 6.07) is 10.1. The molecule has 1 aromatic rings. The highest BCUT2D eigenvalue weighted by Gasteiger charge is 2.32. The van der Waals surface area contributed by atoms with Crippen LogP contribution in [0.2, 0.25) is 0 Å². The van der Waals surface area contributed by atoms with Crippen LogP contribution in [-0.2, 0) is 4.79 Å². The highest BCUT2D eigenvalue weighted by molar-refractivity contribution is 5.81. The van der Waals surface area contributed by atoms with Crippen LogP contribution in [0.1, 0.15) is 45.4 Å². The highest BCUT2D eigenvalue weighted by Crippen LogP contribution is 2.27. The minimum atomic E-state index is 0.269. The number of carbonyl (C=O) groups excluding carboxylic acids is 1. The van der Waals surface area contributed by atoms with Crippen molar-refractivity contribution in [2.45, 2.75) is 51.5 Å². The molecule has 154 valence electrons. The summed E-state index contributed by atoms with van der Waals surface area (Å²) in [4.78, 5) is 19.3. The molecule has 1 amide bonds. The molecule has 1 aliphatic heterocycles. The molecule has 2 N–H and O–H groups in total. The largest absolute Gasteiger partial charge is 0.494 e. The molecular formula is C22H34N4O2. The Morgan fingerprint density at radius 3 is 2.75 bits per heavy atom. The van der Waals surface area contributed by atoms with Gasteiger partial charge in [0.15, 0.2) is 5.96 Å². The zero-order chi connectivity index (χ0) is 19.6. The van der Waals surface area contributed by atoms with Gasteiger partial charge >= 0.3 is 0 Å². The van der Waals surface area contributed by atoms with E-state index in [9.17, 15) is 4.79 Å². The van der Waals surface area contributed by atoms with Gasteiger partial charge in [0.05, 0.1) is 6.61 Å². The Morgan fingerprint density at radius 1 is 1.21 bits per heavy atom. The number of benzene rings is 1. The Morgan fingerprint density at radius 2 is 2.00 bits per heavy atom. The molecule has 1 unspecified atom stereocenters. The zero-order valence-corrected chi connectivity index (χ0v) is 17.0. The van der Waals surface area contributed by atoms with Gasteiger partial charge in [0.1, 0.15) is 5.75 Å². The van der Waals surface area contributed by atoms with E-state index >= 15 is 0 Å². The van der Waals surface area contributed by atoms with Crippen molar-refractivity contribution < 1.29 is 9.53 Å². The van der Waals surface area contributed by atoms with Gasteiger partial charge in [-0.25, -0.2) is 0 Å². The summed E-state index contributed by atoms with van der Waals surface area (Å²) < 4.78 is 5.72. The lowest BCUT2D eigenvalue weighted by molar-refractivity contribution is -0.134. The lowest BCUT2D eigenvalue weighted by Gasteiger charge is -2.21. The van der Waals surface area contributed by atoms with Crippen LogP contribution in [0.25, 0.3) is 0 Å². The lowest BCUT2D eigenvalue weighted by atomic mass is 10.1. The maximum atomic E-state index is 12.6. The fourth-order valence-corrected chi connectivity index (χ4v) is 3.98. The van der Waals surface area contributed by atoms with E-state index in [0.29, 0.717) is 19.1 Å². The summed E-state index contributed by atoms with van der Waals surface area (Å²) in [5, 5.41) is 6.82. The van der Waals surface area contributed by atoms with Crippen LogP contribution in [0.4, 0.5) is 0 Å². The summed E-state index contributed by atoms with van der Waals surface area (Å²) >= 11 is 0. The number of hydrogen-bond acceptors (Lipinski definition) is 3. The fourth-order valence-electron chi connectivity index (χ4n) is 3.98. The molecule has 1 aliphatic carbocycles. The number of ether oxygens (including phenoxy) is 1.